The van der Waals surface area contributed by atoms with Crippen molar-refractivity contribution >= 4 is 32.4 Å². The van der Waals surface area contributed by atoms with Gasteiger partial charge in [-0.3, -0.25) is 4.79 Å². The Morgan fingerprint density at radius 1 is 1.35 bits per heavy atom. The Labute approximate surface area is 118 Å². The van der Waals surface area contributed by atoms with Gasteiger partial charge in [0, 0.05) is 17.8 Å². The van der Waals surface area contributed by atoms with Crippen LogP contribution in [0.1, 0.15) is 5.56 Å². The molecule has 9 heteroatoms. The second-order valence-corrected chi connectivity index (χ2v) is 6.67. The molecule has 20 heavy (non-hydrogen) atoms. The van der Waals surface area contributed by atoms with Crippen molar-refractivity contribution in [3.05, 3.63) is 35.6 Å². The van der Waals surface area contributed by atoms with Gasteiger partial charge in [-0.1, -0.05) is 12.1 Å². The first-order valence-corrected chi connectivity index (χ1v) is 8.09. The topological polar surface area (TPSA) is 89.0 Å². The predicted molar refractivity (Wildman–Crippen MR) is 71.8 cm³/mol. The third-order valence-electron chi connectivity index (χ3n) is 2.26. The molecule has 0 unspecified atom stereocenters. The molecule has 106 valence electrons. The molecular formula is C11H10FN3O3S2. The number of hydrogen-bond acceptors (Lipinski definition) is 6. The van der Waals surface area contributed by atoms with Gasteiger partial charge in [-0.25, -0.2) is 12.8 Å². The Balaban J connectivity index is 2.01. The van der Waals surface area contributed by atoms with E-state index in [4.69, 9.17) is 0 Å². The number of aromatic nitrogens is 2. The molecule has 0 radical (unpaired) electrons. The Bertz CT molecular complexity index is 726. The van der Waals surface area contributed by atoms with Crippen LogP contribution < -0.4 is 5.32 Å². The average molecular weight is 315 g/mol. The molecule has 1 amide bonds. The molecule has 1 N–H and O–H groups in total. The first kappa shape index (κ1) is 14.5. The van der Waals surface area contributed by atoms with Crippen molar-refractivity contribution in [1.29, 1.82) is 0 Å². The molecule has 1 aromatic heterocycles. The number of sulfone groups is 1. The van der Waals surface area contributed by atoms with Gasteiger partial charge in [0.05, 0.1) is 6.42 Å². The lowest BCUT2D eigenvalue weighted by Crippen LogP contribution is -2.14. The number of benzene rings is 1. The van der Waals surface area contributed by atoms with E-state index in [-0.39, 0.29) is 28.4 Å². The summed E-state index contributed by atoms with van der Waals surface area (Å²) in [6.45, 7) is 0. The molecule has 6 nitrogen and oxygen atoms in total. The van der Waals surface area contributed by atoms with Crippen LogP contribution in [0, 0.1) is 5.82 Å². The summed E-state index contributed by atoms with van der Waals surface area (Å²) in [5.41, 5.74) is 0.636. The summed E-state index contributed by atoms with van der Waals surface area (Å²) in [7, 11) is -3.49. The second kappa shape index (κ2) is 5.63. The van der Waals surface area contributed by atoms with E-state index in [0.717, 1.165) is 17.8 Å². The summed E-state index contributed by atoms with van der Waals surface area (Å²) in [5.74, 6) is -0.760. The lowest BCUT2D eigenvalue weighted by atomic mass is 10.1. The molecule has 0 bridgehead atoms. The van der Waals surface area contributed by atoms with Crippen LogP contribution in [-0.4, -0.2) is 29.9 Å². The van der Waals surface area contributed by atoms with E-state index in [1.807, 2.05) is 0 Å². The Kier molecular flexibility index (Phi) is 4.09. The minimum atomic E-state index is -3.49. The molecule has 1 aromatic carbocycles. The summed E-state index contributed by atoms with van der Waals surface area (Å²) in [6, 6.07) is 5.51. The summed E-state index contributed by atoms with van der Waals surface area (Å²) in [6.07, 6.45) is 1.02. The van der Waals surface area contributed by atoms with Crippen LogP contribution in [0.2, 0.25) is 0 Å². The van der Waals surface area contributed by atoms with Crippen LogP contribution in [0.15, 0.2) is 29.4 Å². The number of carbonyl (C=O) groups excluding carboxylic acids is 1. The van der Waals surface area contributed by atoms with Crippen LogP contribution in [0.3, 0.4) is 0 Å². The zero-order valence-electron chi connectivity index (χ0n) is 10.3. The van der Waals surface area contributed by atoms with Gasteiger partial charge in [0.2, 0.25) is 20.9 Å². The highest BCUT2D eigenvalue weighted by Gasteiger charge is 2.15. The van der Waals surface area contributed by atoms with Gasteiger partial charge < -0.3 is 5.32 Å². The third-order valence-corrected chi connectivity index (χ3v) is 3.86. The smallest absolute Gasteiger partial charge is 0.260 e. The van der Waals surface area contributed by atoms with Crippen molar-refractivity contribution in [2.24, 2.45) is 0 Å². The summed E-state index contributed by atoms with van der Waals surface area (Å²) in [4.78, 5) is 15.4. The van der Waals surface area contributed by atoms with E-state index in [0.29, 0.717) is 5.56 Å². The van der Waals surface area contributed by atoms with Crippen LogP contribution in [-0.2, 0) is 21.1 Å². The van der Waals surface area contributed by atoms with Crippen molar-refractivity contribution < 1.29 is 17.6 Å². The predicted octanol–water partition coefficient (Wildman–Crippen LogP) is 1.26. The van der Waals surface area contributed by atoms with Crippen molar-refractivity contribution in [2.45, 2.75) is 11.6 Å². The highest BCUT2D eigenvalue weighted by molar-refractivity contribution is 7.90. The number of nitrogens with one attached hydrogen (secondary N) is 1. The molecule has 0 atom stereocenters. The van der Waals surface area contributed by atoms with Crippen molar-refractivity contribution in [3.63, 3.8) is 0 Å². The molecule has 0 saturated carbocycles. The maximum atomic E-state index is 12.7. The fourth-order valence-electron chi connectivity index (χ4n) is 1.36. The van der Waals surface area contributed by atoms with Crippen molar-refractivity contribution in [1.82, 2.24) is 9.36 Å². The Morgan fingerprint density at radius 2 is 2.00 bits per heavy atom. The van der Waals surface area contributed by atoms with E-state index in [2.05, 4.69) is 14.7 Å². The normalized spacial score (nSPS) is 11.3. The minimum absolute atomic E-state index is 0.0358. The second-order valence-electron chi connectivity index (χ2n) is 4.01. The zero-order chi connectivity index (χ0) is 14.8. The fourth-order valence-corrected chi connectivity index (χ4v) is 2.82. The van der Waals surface area contributed by atoms with Gasteiger partial charge in [0.15, 0.2) is 0 Å². The van der Waals surface area contributed by atoms with E-state index in [1.165, 1.54) is 24.3 Å². The van der Waals surface area contributed by atoms with Gasteiger partial charge in [-0.05, 0) is 17.7 Å². The van der Waals surface area contributed by atoms with Crippen molar-refractivity contribution in [3.8, 4) is 0 Å². The number of amides is 1. The molecule has 2 aromatic rings. The Morgan fingerprint density at radius 3 is 2.55 bits per heavy atom. The van der Waals surface area contributed by atoms with E-state index in [9.17, 15) is 17.6 Å². The van der Waals surface area contributed by atoms with Gasteiger partial charge >= 0.3 is 0 Å². The Hall–Kier alpha value is -1.87. The lowest BCUT2D eigenvalue weighted by Gasteiger charge is -2.01. The van der Waals surface area contributed by atoms with E-state index < -0.39 is 9.84 Å². The fraction of sp³-hybridized carbons (Fsp3) is 0.182. The number of carbonyl (C=O) groups is 1. The van der Waals surface area contributed by atoms with Crippen molar-refractivity contribution in [2.75, 3.05) is 11.6 Å². The van der Waals surface area contributed by atoms with Crippen LogP contribution in [0.4, 0.5) is 9.52 Å². The van der Waals surface area contributed by atoms with Crippen LogP contribution in [0.25, 0.3) is 0 Å². The molecule has 2 rings (SSSR count). The molecular weight excluding hydrogens is 305 g/mol. The number of rotatable bonds is 4. The number of halogens is 1. The number of nitrogens with zero attached hydrogens (tertiary/aromatic N) is 2. The molecule has 0 aliphatic heterocycles. The lowest BCUT2D eigenvalue weighted by molar-refractivity contribution is -0.115. The summed E-state index contributed by atoms with van der Waals surface area (Å²) in [5, 5.41) is 2.23. The highest BCUT2D eigenvalue weighted by Crippen LogP contribution is 2.15. The minimum Gasteiger partial charge on any atom is -0.300 e. The third kappa shape index (κ3) is 3.81. The van der Waals surface area contributed by atoms with Crippen LogP contribution in [0.5, 0.6) is 0 Å². The first-order valence-electron chi connectivity index (χ1n) is 5.42. The molecule has 0 saturated heterocycles. The zero-order valence-corrected chi connectivity index (χ0v) is 12.0. The van der Waals surface area contributed by atoms with E-state index in [1.54, 1.807) is 0 Å². The molecule has 1 heterocycles. The van der Waals surface area contributed by atoms with Crippen LogP contribution >= 0.6 is 11.5 Å². The maximum absolute atomic E-state index is 12.7. The standard InChI is InChI=1S/C11H10FN3O3S2/c1-20(17,18)11-14-10(19-15-11)13-9(16)6-7-2-4-8(12)5-3-7/h2-5H,6H2,1H3,(H,13,14,15,16). The summed E-state index contributed by atoms with van der Waals surface area (Å²) >= 11 is 0.786. The highest BCUT2D eigenvalue weighted by atomic mass is 32.2. The molecule has 0 aliphatic rings. The SMILES string of the molecule is CS(=O)(=O)c1nsc(NC(=O)Cc2ccc(F)cc2)n1. The molecule has 0 spiro atoms. The quantitative estimate of drug-likeness (QED) is 0.917. The maximum Gasteiger partial charge on any atom is 0.260 e. The first-order chi connectivity index (χ1) is 9.34. The number of anilines is 1. The summed E-state index contributed by atoms with van der Waals surface area (Å²) < 4.78 is 38.7. The van der Waals surface area contributed by atoms with Gasteiger partial charge in [0.25, 0.3) is 5.16 Å². The average Bonchev–Trinajstić information content (AvgIpc) is 2.80. The number of hydrogen-bond donors (Lipinski definition) is 1. The van der Waals surface area contributed by atoms with E-state index >= 15 is 0 Å². The molecule has 0 fully saturated rings. The monoisotopic (exact) mass is 315 g/mol. The van der Waals surface area contributed by atoms with Gasteiger partial charge in [0.1, 0.15) is 5.82 Å². The van der Waals surface area contributed by atoms with Gasteiger partial charge in [-0.2, -0.15) is 9.36 Å². The molecule has 0 aliphatic carbocycles. The largest absolute Gasteiger partial charge is 0.300 e. The van der Waals surface area contributed by atoms with Gasteiger partial charge in [-0.15, -0.1) is 0 Å².